The maximum Gasteiger partial charge on any atom is 0.257 e. The summed E-state index contributed by atoms with van der Waals surface area (Å²) in [5, 5.41) is 12.8. The molecule has 0 bridgehead atoms. The Morgan fingerprint density at radius 3 is 2.50 bits per heavy atom. The summed E-state index contributed by atoms with van der Waals surface area (Å²) in [6, 6.07) is 14.4. The van der Waals surface area contributed by atoms with Crippen LogP contribution in [0.2, 0.25) is 0 Å². The van der Waals surface area contributed by atoms with Gasteiger partial charge in [-0.05, 0) is 44.4 Å². The first kappa shape index (κ1) is 20.1. The summed E-state index contributed by atoms with van der Waals surface area (Å²) in [6.07, 6.45) is 3.51. The monoisotopic (exact) mass is 404 g/mol. The smallest absolute Gasteiger partial charge is 0.257 e. The van der Waals surface area contributed by atoms with Crippen LogP contribution in [0.4, 0.5) is 5.82 Å². The van der Waals surface area contributed by atoms with Crippen molar-refractivity contribution < 1.29 is 4.79 Å². The number of carbonyl (C=O) groups excluding carboxylic acids is 1. The van der Waals surface area contributed by atoms with Crippen molar-refractivity contribution in [2.24, 2.45) is 0 Å². The van der Waals surface area contributed by atoms with Crippen molar-refractivity contribution >= 4 is 11.7 Å². The second-order valence-corrected chi connectivity index (χ2v) is 7.91. The molecule has 0 unspecified atom stereocenters. The molecule has 156 valence electrons. The van der Waals surface area contributed by atoms with Crippen LogP contribution in [0, 0.1) is 13.8 Å². The van der Waals surface area contributed by atoms with Crippen molar-refractivity contribution in [3.05, 3.63) is 71.2 Å². The fourth-order valence-corrected chi connectivity index (χ4v) is 4.20. The van der Waals surface area contributed by atoms with Gasteiger partial charge in [0.1, 0.15) is 0 Å². The summed E-state index contributed by atoms with van der Waals surface area (Å²) >= 11 is 0. The van der Waals surface area contributed by atoms with E-state index in [1.54, 1.807) is 6.20 Å². The van der Waals surface area contributed by atoms with Gasteiger partial charge < -0.3 is 9.80 Å². The van der Waals surface area contributed by atoms with Crippen LogP contribution in [0.1, 0.15) is 40.2 Å². The van der Waals surface area contributed by atoms with Gasteiger partial charge in [0.2, 0.25) is 0 Å². The van der Waals surface area contributed by atoms with Gasteiger partial charge in [0.25, 0.3) is 5.91 Å². The zero-order chi connectivity index (χ0) is 21.1. The molecule has 0 spiro atoms. The molecule has 0 aliphatic carbocycles. The lowest BCUT2D eigenvalue weighted by Gasteiger charge is -2.37. The SMILES string of the molecule is Cc1nn(Cc2ccccc2)c(C)c1C(=O)N1CCC(N(C)c2cccnn2)CC1. The third-order valence-electron chi connectivity index (χ3n) is 5.99. The number of nitrogens with zero attached hydrogens (tertiary/aromatic N) is 6. The van der Waals surface area contributed by atoms with Crippen LogP contribution in [-0.4, -0.2) is 57.0 Å². The third-order valence-corrected chi connectivity index (χ3v) is 5.99. The van der Waals surface area contributed by atoms with Crippen molar-refractivity contribution in [3.63, 3.8) is 0 Å². The van der Waals surface area contributed by atoms with E-state index in [0.29, 0.717) is 12.6 Å². The van der Waals surface area contributed by atoms with Crippen LogP contribution in [0.15, 0.2) is 48.7 Å². The number of carbonyl (C=O) groups is 1. The molecule has 1 aromatic carbocycles. The first-order valence-electron chi connectivity index (χ1n) is 10.4. The molecular formula is C23H28N6O. The van der Waals surface area contributed by atoms with E-state index in [1.807, 2.05) is 60.8 Å². The molecular weight excluding hydrogens is 376 g/mol. The number of amides is 1. The van der Waals surface area contributed by atoms with E-state index < -0.39 is 0 Å². The minimum atomic E-state index is 0.0879. The van der Waals surface area contributed by atoms with E-state index in [1.165, 1.54) is 5.56 Å². The average molecular weight is 405 g/mol. The number of aromatic nitrogens is 4. The predicted molar refractivity (Wildman–Crippen MR) is 117 cm³/mol. The predicted octanol–water partition coefficient (Wildman–Crippen LogP) is 3.08. The summed E-state index contributed by atoms with van der Waals surface area (Å²) in [6.45, 7) is 6.06. The fourth-order valence-electron chi connectivity index (χ4n) is 4.20. The Hall–Kier alpha value is -3.22. The highest BCUT2D eigenvalue weighted by atomic mass is 16.2. The maximum atomic E-state index is 13.3. The van der Waals surface area contributed by atoms with E-state index >= 15 is 0 Å². The molecule has 7 nitrogen and oxygen atoms in total. The normalized spacial score (nSPS) is 14.7. The van der Waals surface area contributed by atoms with Gasteiger partial charge >= 0.3 is 0 Å². The minimum Gasteiger partial charge on any atom is -0.355 e. The van der Waals surface area contributed by atoms with E-state index in [-0.39, 0.29) is 5.91 Å². The molecule has 1 saturated heterocycles. The lowest BCUT2D eigenvalue weighted by atomic mass is 10.0. The molecule has 3 heterocycles. The maximum absolute atomic E-state index is 13.3. The van der Waals surface area contributed by atoms with E-state index in [0.717, 1.165) is 48.7 Å². The van der Waals surface area contributed by atoms with E-state index in [9.17, 15) is 4.79 Å². The van der Waals surface area contributed by atoms with Gasteiger partial charge in [-0.1, -0.05) is 30.3 Å². The third kappa shape index (κ3) is 4.06. The fraction of sp³-hybridized carbons (Fsp3) is 0.391. The zero-order valence-electron chi connectivity index (χ0n) is 17.8. The van der Waals surface area contributed by atoms with Gasteiger partial charge in [0.15, 0.2) is 5.82 Å². The van der Waals surface area contributed by atoms with Crippen LogP contribution < -0.4 is 4.90 Å². The summed E-state index contributed by atoms with van der Waals surface area (Å²) in [7, 11) is 2.05. The van der Waals surface area contributed by atoms with Crippen molar-refractivity contribution in [1.29, 1.82) is 0 Å². The highest BCUT2D eigenvalue weighted by molar-refractivity contribution is 5.96. The number of likely N-dealkylation sites (tertiary alicyclic amines) is 1. The molecule has 30 heavy (non-hydrogen) atoms. The number of hydrogen-bond acceptors (Lipinski definition) is 5. The zero-order valence-corrected chi connectivity index (χ0v) is 17.8. The summed E-state index contributed by atoms with van der Waals surface area (Å²) < 4.78 is 1.94. The molecule has 1 aliphatic rings. The van der Waals surface area contributed by atoms with Crippen LogP contribution in [0.25, 0.3) is 0 Å². The van der Waals surface area contributed by atoms with Crippen LogP contribution >= 0.6 is 0 Å². The second kappa shape index (κ2) is 8.65. The molecule has 0 saturated carbocycles. The number of hydrogen-bond donors (Lipinski definition) is 0. The van der Waals surface area contributed by atoms with Gasteiger partial charge in [-0.25, -0.2) is 0 Å². The van der Waals surface area contributed by atoms with Crippen molar-refractivity contribution in [2.75, 3.05) is 25.0 Å². The Morgan fingerprint density at radius 2 is 1.83 bits per heavy atom. The second-order valence-electron chi connectivity index (χ2n) is 7.91. The van der Waals surface area contributed by atoms with Crippen LogP contribution in [-0.2, 0) is 6.54 Å². The number of piperidine rings is 1. The number of benzene rings is 1. The molecule has 1 amide bonds. The molecule has 4 rings (SSSR count). The first-order chi connectivity index (χ1) is 14.5. The van der Waals surface area contributed by atoms with Crippen LogP contribution in [0.5, 0.6) is 0 Å². The molecule has 1 fully saturated rings. The Kier molecular flexibility index (Phi) is 5.79. The number of rotatable bonds is 5. The van der Waals surface area contributed by atoms with Crippen LogP contribution in [0.3, 0.4) is 0 Å². The van der Waals surface area contributed by atoms with Gasteiger partial charge in [-0.2, -0.15) is 10.2 Å². The highest BCUT2D eigenvalue weighted by Crippen LogP contribution is 2.23. The first-order valence-corrected chi connectivity index (χ1v) is 10.4. The van der Waals surface area contributed by atoms with Crippen molar-refractivity contribution in [3.8, 4) is 0 Å². The largest absolute Gasteiger partial charge is 0.355 e. The van der Waals surface area contributed by atoms with Crippen molar-refractivity contribution in [2.45, 2.75) is 39.3 Å². The topological polar surface area (TPSA) is 67.2 Å². The molecule has 0 N–H and O–H groups in total. The van der Waals surface area contributed by atoms with E-state index in [2.05, 4.69) is 32.3 Å². The molecule has 0 radical (unpaired) electrons. The average Bonchev–Trinajstić information content (AvgIpc) is 3.07. The Balaban J connectivity index is 1.43. The summed E-state index contributed by atoms with van der Waals surface area (Å²) in [5.74, 6) is 0.959. The lowest BCUT2D eigenvalue weighted by molar-refractivity contribution is 0.0711. The Bertz CT molecular complexity index is 993. The van der Waals surface area contributed by atoms with Gasteiger partial charge in [-0.15, -0.1) is 5.10 Å². The Morgan fingerprint density at radius 1 is 1.10 bits per heavy atom. The molecule has 7 heteroatoms. The Labute approximate surface area is 177 Å². The van der Waals surface area contributed by atoms with Gasteiger partial charge in [0.05, 0.1) is 17.8 Å². The minimum absolute atomic E-state index is 0.0879. The highest BCUT2D eigenvalue weighted by Gasteiger charge is 2.29. The van der Waals surface area contributed by atoms with E-state index in [4.69, 9.17) is 0 Å². The number of anilines is 1. The lowest BCUT2D eigenvalue weighted by Crippen LogP contribution is -2.46. The molecule has 0 atom stereocenters. The molecule has 2 aromatic heterocycles. The van der Waals surface area contributed by atoms with Gasteiger partial charge in [0, 0.05) is 38.1 Å². The molecule has 3 aromatic rings. The summed E-state index contributed by atoms with van der Waals surface area (Å²) in [4.78, 5) is 17.4. The summed E-state index contributed by atoms with van der Waals surface area (Å²) in [5.41, 5.74) is 3.65. The van der Waals surface area contributed by atoms with Crippen molar-refractivity contribution in [1.82, 2.24) is 24.9 Å². The number of aryl methyl sites for hydroxylation is 1. The molecule has 1 aliphatic heterocycles. The standard InChI is InChI=1S/C23H28N6O/c1-17-22(18(2)29(26-17)16-19-8-5-4-6-9-19)23(30)28-14-11-20(12-15-28)27(3)21-10-7-13-24-25-21/h4-10,13,20H,11-12,14-16H2,1-3H3. The van der Waals surface area contributed by atoms with Gasteiger partial charge in [-0.3, -0.25) is 9.48 Å². The quantitative estimate of drug-likeness (QED) is 0.654.